The maximum Gasteiger partial charge on any atom is 0.293 e. The molecule has 0 unspecified atom stereocenters. The number of aryl methyl sites for hydroxylation is 2. The smallest absolute Gasteiger partial charge is 0.293 e. The Morgan fingerprint density at radius 3 is 2.62 bits per heavy atom. The van der Waals surface area contributed by atoms with Crippen LogP contribution in [0.5, 0.6) is 0 Å². The lowest BCUT2D eigenvalue weighted by Gasteiger charge is -2.35. The number of pyridine rings is 1. The molecule has 4 heterocycles. The van der Waals surface area contributed by atoms with E-state index in [0.717, 1.165) is 15.3 Å². The maximum atomic E-state index is 12.7. The number of fused-ring (bicyclic) bond motifs is 1. The van der Waals surface area contributed by atoms with E-state index in [1.807, 2.05) is 28.9 Å². The third kappa shape index (κ3) is 2.86. The fraction of sp³-hybridized carbons (Fsp3) is 0.333. The molecule has 0 N–H and O–H groups in total. The molecule has 0 atom stereocenters. The second-order valence-electron chi connectivity index (χ2n) is 6.35. The normalized spacial score (nSPS) is 14.8. The highest BCUT2D eigenvalue weighted by molar-refractivity contribution is 7.13. The number of aromatic nitrogens is 3. The van der Waals surface area contributed by atoms with Crippen LogP contribution >= 0.6 is 11.3 Å². The van der Waals surface area contributed by atoms with Gasteiger partial charge in [-0.1, -0.05) is 0 Å². The molecular formula is C18H19N5O2S. The Bertz CT molecular complexity index is 1030. The lowest BCUT2D eigenvalue weighted by Crippen LogP contribution is -2.50. The number of hydrogen-bond acceptors (Lipinski definition) is 6. The second-order valence-corrected chi connectivity index (χ2v) is 7.64. The van der Waals surface area contributed by atoms with Crippen LogP contribution in [-0.2, 0) is 7.05 Å². The Morgan fingerprint density at radius 1 is 1.15 bits per heavy atom. The minimum Gasteiger partial charge on any atom is -0.348 e. The Morgan fingerprint density at radius 2 is 1.92 bits per heavy atom. The fourth-order valence-electron chi connectivity index (χ4n) is 3.19. The zero-order valence-corrected chi connectivity index (χ0v) is 15.5. The molecule has 0 aliphatic carbocycles. The first kappa shape index (κ1) is 16.7. The van der Waals surface area contributed by atoms with Crippen LogP contribution in [0.4, 0.5) is 5.82 Å². The van der Waals surface area contributed by atoms with E-state index in [2.05, 4.69) is 9.97 Å². The van der Waals surface area contributed by atoms with E-state index >= 15 is 0 Å². The molecule has 1 aliphatic rings. The predicted molar refractivity (Wildman–Crippen MR) is 102 cm³/mol. The summed E-state index contributed by atoms with van der Waals surface area (Å²) < 4.78 is 1.58. The van der Waals surface area contributed by atoms with Gasteiger partial charge in [-0.2, -0.15) is 0 Å². The molecule has 4 rings (SSSR count). The monoisotopic (exact) mass is 369 g/mol. The molecule has 3 aromatic rings. The largest absolute Gasteiger partial charge is 0.348 e. The summed E-state index contributed by atoms with van der Waals surface area (Å²) in [5, 5.41) is 0. The van der Waals surface area contributed by atoms with Crippen molar-refractivity contribution in [3.8, 4) is 0 Å². The Balaban J connectivity index is 1.55. The van der Waals surface area contributed by atoms with E-state index in [0.29, 0.717) is 37.5 Å². The van der Waals surface area contributed by atoms with Crippen molar-refractivity contribution in [1.29, 1.82) is 0 Å². The van der Waals surface area contributed by atoms with Gasteiger partial charge in [0.05, 0.1) is 22.1 Å². The molecule has 1 saturated heterocycles. The molecule has 26 heavy (non-hydrogen) atoms. The van der Waals surface area contributed by atoms with Gasteiger partial charge in [-0.15, -0.1) is 11.3 Å². The number of thiophene rings is 1. The van der Waals surface area contributed by atoms with Gasteiger partial charge in [-0.25, -0.2) is 4.98 Å². The van der Waals surface area contributed by atoms with Gasteiger partial charge in [0.25, 0.3) is 11.5 Å². The molecule has 8 heteroatoms. The van der Waals surface area contributed by atoms with Gasteiger partial charge in [0.15, 0.2) is 5.82 Å². The maximum absolute atomic E-state index is 12.7. The molecule has 3 aromatic heterocycles. The molecule has 1 aliphatic heterocycles. The van der Waals surface area contributed by atoms with Gasteiger partial charge in [-0.3, -0.25) is 14.6 Å². The Labute approximate surface area is 154 Å². The second kappa shape index (κ2) is 6.53. The number of carbonyl (C=O) groups is 1. The number of rotatable bonds is 2. The van der Waals surface area contributed by atoms with Crippen molar-refractivity contribution in [2.45, 2.75) is 6.92 Å². The quantitative estimate of drug-likeness (QED) is 0.687. The lowest BCUT2D eigenvalue weighted by atomic mass is 10.3. The van der Waals surface area contributed by atoms with E-state index in [1.54, 1.807) is 30.1 Å². The van der Waals surface area contributed by atoms with Gasteiger partial charge in [0, 0.05) is 44.3 Å². The molecule has 0 radical (unpaired) electrons. The van der Waals surface area contributed by atoms with Gasteiger partial charge >= 0.3 is 0 Å². The lowest BCUT2D eigenvalue weighted by molar-refractivity contribution is 0.0751. The summed E-state index contributed by atoms with van der Waals surface area (Å²) in [6.45, 7) is 4.34. The Hall–Kier alpha value is -2.74. The average Bonchev–Trinajstić information content (AvgIpc) is 3.11. The van der Waals surface area contributed by atoms with Crippen molar-refractivity contribution in [3.05, 3.63) is 50.7 Å². The SMILES string of the molecule is Cc1ccc(C(=O)N2CCN(c3nc4ccncc4n(C)c3=O)CC2)s1. The topological polar surface area (TPSA) is 71.3 Å². The molecule has 0 saturated carbocycles. The van der Waals surface area contributed by atoms with E-state index in [1.165, 1.54) is 11.3 Å². The number of piperazine rings is 1. The first-order chi connectivity index (χ1) is 12.5. The minimum atomic E-state index is -0.140. The highest BCUT2D eigenvalue weighted by Crippen LogP contribution is 2.19. The van der Waals surface area contributed by atoms with Crippen molar-refractivity contribution in [2.75, 3.05) is 31.1 Å². The Kier molecular flexibility index (Phi) is 4.20. The molecule has 134 valence electrons. The zero-order chi connectivity index (χ0) is 18.3. The third-order valence-electron chi connectivity index (χ3n) is 4.68. The predicted octanol–water partition coefficient (Wildman–Crippen LogP) is 1.66. The number of carbonyl (C=O) groups excluding carboxylic acids is 1. The van der Waals surface area contributed by atoms with Crippen LogP contribution in [0, 0.1) is 6.92 Å². The van der Waals surface area contributed by atoms with Crippen molar-refractivity contribution >= 4 is 34.1 Å². The minimum absolute atomic E-state index is 0.0631. The van der Waals surface area contributed by atoms with Gasteiger partial charge in [-0.05, 0) is 25.1 Å². The third-order valence-corrected chi connectivity index (χ3v) is 5.67. The van der Waals surface area contributed by atoms with Crippen molar-refractivity contribution in [1.82, 2.24) is 19.4 Å². The van der Waals surface area contributed by atoms with Gasteiger partial charge in [0.1, 0.15) is 0 Å². The first-order valence-electron chi connectivity index (χ1n) is 8.46. The van der Waals surface area contributed by atoms with Crippen LogP contribution in [0.15, 0.2) is 35.4 Å². The standard InChI is InChI=1S/C18H19N5O2S/c1-12-3-4-15(26-12)17(24)23-9-7-22(8-10-23)16-18(25)21(2)14-11-19-6-5-13(14)20-16/h3-6,11H,7-10H2,1-2H3. The summed E-state index contributed by atoms with van der Waals surface area (Å²) in [5.74, 6) is 0.499. The van der Waals surface area contributed by atoms with Crippen molar-refractivity contribution in [2.24, 2.45) is 7.05 Å². The van der Waals surface area contributed by atoms with Crippen LogP contribution in [0.1, 0.15) is 14.5 Å². The number of hydrogen-bond donors (Lipinski definition) is 0. The van der Waals surface area contributed by atoms with Crippen molar-refractivity contribution in [3.63, 3.8) is 0 Å². The summed E-state index contributed by atoms with van der Waals surface area (Å²) in [7, 11) is 1.73. The highest BCUT2D eigenvalue weighted by Gasteiger charge is 2.25. The highest BCUT2D eigenvalue weighted by atomic mass is 32.1. The molecule has 0 spiro atoms. The van der Waals surface area contributed by atoms with Crippen LogP contribution in [0.3, 0.4) is 0 Å². The van der Waals surface area contributed by atoms with Crippen molar-refractivity contribution < 1.29 is 4.79 Å². The number of anilines is 1. The number of amides is 1. The molecule has 1 amide bonds. The van der Waals surface area contributed by atoms with Crippen LogP contribution in [-0.4, -0.2) is 51.5 Å². The average molecular weight is 369 g/mol. The number of nitrogens with zero attached hydrogens (tertiary/aromatic N) is 5. The first-order valence-corrected chi connectivity index (χ1v) is 9.27. The van der Waals surface area contributed by atoms with Crippen LogP contribution in [0.2, 0.25) is 0 Å². The molecule has 0 aromatic carbocycles. The van der Waals surface area contributed by atoms with E-state index in [-0.39, 0.29) is 11.5 Å². The summed E-state index contributed by atoms with van der Waals surface area (Å²) in [6, 6.07) is 5.65. The molecule has 1 fully saturated rings. The van der Waals surface area contributed by atoms with E-state index in [9.17, 15) is 9.59 Å². The van der Waals surface area contributed by atoms with Crippen LogP contribution in [0.25, 0.3) is 11.0 Å². The summed E-state index contributed by atoms with van der Waals surface area (Å²) in [4.78, 5) is 39.6. The van der Waals surface area contributed by atoms with Gasteiger partial charge < -0.3 is 14.4 Å². The van der Waals surface area contributed by atoms with Crippen LogP contribution < -0.4 is 10.5 Å². The van der Waals surface area contributed by atoms with E-state index in [4.69, 9.17) is 0 Å². The molecule has 0 bridgehead atoms. The molecule has 7 nitrogen and oxygen atoms in total. The van der Waals surface area contributed by atoms with E-state index < -0.39 is 0 Å². The van der Waals surface area contributed by atoms with Gasteiger partial charge in [0.2, 0.25) is 0 Å². The zero-order valence-electron chi connectivity index (χ0n) is 14.7. The summed E-state index contributed by atoms with van der Waals surface area (Å²) in [5.41, 5.74) is 1.31. The fourth-order valence-corrected chi connectivity index (χ4v) is 4.02. The summed E-state index contributed by atoms with van der Waals surface area (Å²) in [6.07, 6.45) is 3.32. The molecular weight excluding hydrogens is 350 g/mol. The summed E-state index contributed by atoms with van der Waals surface area (Å²) >= 11 is 1.52.